The van der Waals surface area contributed by atoms with Crippen molar-refractivity contribution in [3.63, 3.8) is 0 Å². The summed E-state index contributed by atoms with van der Waals surface area (Å²) in [7, 11) is 0. The van der Waals surface area contributed by atoms with Gasteiger partial charge in [0.05, 0.1) is 22.8 Å². The number of rotatable bonds is 2. The van der Waals surface area contributed by atoms with Crippen LogP contribution in [-0.2, 0) is 4.74 Å². The molecule has 0 bridgehead atoms. The zero-order valence-corrected chi connectivity index (χ0v) is 9.22. The first kappa shape index (κ1) is 10.1. The molecule has 1 saturated heterocycles. The number of nitrogens with zero attached hydrogens (tertiary/aromatic N) is 1. The number of thiazole rings is 1. The van der Waals surface area contributed by atoms with Crippen LogP contribution in [0.4, 0.5) is 0 Å². The van der Waals surface area contributed by atoms with Crippen molar-refractivity contribution in [2.75, 3.05) is 6.61 Å². The molecule has 0 radical (unpaired) electrons. The number of aromatic nitrogens is 1. The van der Waals surface area contributed by atoms with E-state index in [1.807, 2.05) is 12.3 Å². The minimum atomic E-state index is -0.0414. The maximum absolute atomic E-state index is 6.10. The molecule has 0 aliphatic carbocycles. The summed E-state index contributed by atoms with van der Waals surface area (Å²) in [4.78, 5) is 4.40. The van der Waals surface area contributed by atoms with Crippen LogP contribution in [0.25, 0.3) is 0 Å². The number of nitrogens with two attached hydrogens (primary N) is 1. The molecule has 0 aromatic carbocycles. The Kier molecular flexibility index (Phi) is 3.15. The minimum absolute atomic E-state index is 0.0414. The lowest BCUT2D eigenvalue weighted by molar-refractivity contribution is -0.000664. The molecule has 2 rings (SSSR count). The van der Waals surface area contributed by atoms with Crippen molar-refractivity contribution in [1.29, 1.82) is 0 Å². The van der Waals surface area contributed by atoms with Crippen LogP contribution in [0.2, 0.25) is 0 Å². The highest BCUT2D eigenvalue weighted by atomic mass is 32.1. The SMILES string of the molecule is Cc1nc(C(N)C2CCCCO2)cs1. The average Bonchev–Trinajstić information content (AvgIpc) is 2.65. The molecule has 2 N–H and O–H groups in total. The molecule has 1 fully saturated rings. The van der Waals surface area contributed by atoms with Gasteiger partial charge in [-0.3, -0.25) is 0 Å². The Labute approximate surface area is 88.3 Å². The predicted molar refractivity (Wildman–Crippen MR) is 57.4 cm³/mol. The third-order valence-corrected chi connectivity index (χ3v) is 3.39. The lowest BCUT2D eigenvalue weighted by Crippen LogP contribution is -2.32. The molecule has 1 aliphatic rings. The highest BCUT2D eigenvalue weighted by Crippen LogP contribution is 2.25. The van der Waals surface area contributed by atoms with Crippen LogP contribution >= 0.6 is 11.3 Å². The standard InChI is InChI=1S/C10H16N2OS/c1-7-12-8(6-14-7)10(11)9-4-2-3-5-13-9/h6,9-10H,2-5,11H2,1H3. The van der Waals surface area contributed by atoms with Gasteiger partial charge >= 0.3 is 0 Å². The van der Waals surface area contributed by atoms with Gasteiger partial charge in [-0.2, -0.15) is 0 Å². The molecule has 0 amide bonds. The van der Waals surface area contributed by atoms with Gasteiger partial charge in [-0.05, 0) is 26.2 Å². The Bertz CT molecular complexity index is 294. The third kappa shape index (κ3) is 2.13. The van der Waals surface area contributed by atoms with Gasteiger partial charge in [0.25, 0.3) is 0 Å². The van der Waals surface area contributed by atoms with Gasteiger partial charge in [0.1, 0.15) is 0 Å². The van der Waals surface area contributed by atoms with Gasteiger partial charge in [0, 0.05) is 12.0 Å². The van der Waals surface area contributed by atoms with Gasteiger partial charge in [-0.15, -0.1) is 11.3 Å². The fourth-order valence-electron chi connectivity index (χ4n) is 1.77. The third-order valence-electron chi connectivity index (χ3n) is 2.59. The van der Waals surface area contributed by atoms with Gasteiger partial charge in [-0.25, -0.2) is 4.98 Å². The van der Waals surface area contributed by atoms with Crippen LogP contribution in [0.5, 0.6) is 0 Å². The van der Waals surface area contributed by atoms with Gasteiger partial charge < -0.3 is 10.5 Å². The molecule has 1 aliphatic heterocycles. The van der Waals surface area contributed by atoms with Crippen molar-refractivity contribution in [1.82, 2.24) is 4.98 Å². The first-order valence-corrected chi connectivity index (χ1v) is 5.94. The van der Waals surface area contributed by atoms with E-state index < -0.39 is 0 Å². The van der Waals surface area contributed by atoms with Crippen molar-refractivity contribution in [3.05, 3.63) is 16.1 Å². The number of hydrogen-bond acceptors (Lipinski definition) is 4. The minimum Gasteiger partial charge on any atom is -0.376 e. The summed E-state index contributed by atoms with van der Waals surface area (Å²) in [6.45, 7) is 2.85. The molecule has 1 aromatic heterocycles. The fraction of sp³-hybridized carbons (Fsp3) is 0.700. The van der Waals surface area contributed by atoms with E-state index in [0.717, 1.165) is 23.7 Å². The summed E-state index contributed by atoms with van der Waals surface area (Å²) >= 11 is 1.65. The Hall–Kier alpha value is -0.450. The zero-order chi connectivity index (χ0) is 9.97. The molecule has 2 unspecified atom stereocenters. The van der Waals surface area contributed by atoms with E-state index in [0.29, 0.717) is 0 Å². The first-order chi connectivity index (χ1) is 6.77. The van der Waals surface area contributed by atoms with Crippen molar-refractivity contribution in [3.8, 4) is 0 Å². The molecule has 14 heavy (non-hydrogen) atoms. The number of aryl methyl sites for hydroxylation is 1. The summed E-state index contributed by atoms with van der Waals surface area (Å²) < 4.78 is 5.64. The summed E-state index contributed by atoms with van der Waals surface area (Å²) in [5.41, 5.74) is 7.09. The predicted octanol–water partition coefficient (Wildman–Crippen LogP) is 2.02. The smallest absolute Gasteiger partial charge is 0.0898 e. The van der Waals surface area contributed by atoms with E-state index in [4.69, 9.17) is 10.5 Å². The molecule has 0 spiro atoms. The maximum atomic E-state index is 6.10. The van der Waals surface area contributed by atoms with Crippen LogP contribution in [0.3, 0.4) is 0 Å². The van der Waals surface area contributed by atoms with E-state index in [1.54, 1.807) is 11.3 Å². The van der Waals surface area contributed by atoms with Crippen molar-refractivity contribution in [2.45, 2.75) is 38.3 Å². The molecule has 0 saturated carbocycles. The van der Waals surface area contributed by atoms with E-state index in [-0.39, 0.29) is 12.1 Å². The van der Waals surface area contributed by atoms with Crippen molar-refractivity contribution in [2.24, 2.45) is 5.73 Å². The zero-order valence-electron chi connectivity index (χ0n) is 8.40. The van der Waals surface area contributed by atoms with Gasteiger partial charge in [0.15, 0.2) is 0 Å². The van der Waals surface area contributed by atoms with Crippen molar-refractivity contribution < 1.29 is 4.74 Å². The second-order valence-electron chi connectivity index (χ2n) is 3.72. The highest BCUT2D eigenvalue weighted by molar-refractivity contribution is 7.09. The monoisotopic (exact) mass is 212 g/mol. The van der Waals surface area contributed by atoms with E-state index >= 15 is 0 Å². The lowest BCUT2D eigenvalue weighted by atomic mass is 10.0. The van der Waals surface area contributed by atoms with Crippen LogP contribution in [0.1, 0.15) is 36.0 Å². The molecule has 78 valence electrons. The van der Waals surface area contributed by atoms with Crippen LogP contribution < -0.4 is 5.73 Å². The molecule has 2 heterocycles. The second kappa shape index (κ2) is 4.38. The summed E-state index contributed by atoms with van der Waals surface area (Å²) in [6, 6.07) is -0.0414. The molecular formula is C10H16N2OS. The second-order valence-corrected chi connectivity index (χ2v) is 4.78. The normalized spacial score (nSPS) is 24.9. The molecular weight excluding hydrogens is 196 g/mol. The first-order valence-electron chi connectivity index (χ1n) is 5.06. The Morgan fingerprint density at radius 3 is 3.07 bits per heavy atom. The topological polar surface area (TPSA) is 48.1 Å². The lowest BCUT2D eigenvalue weighted by Gasteiger charge is -2.26. The molecule has 2 atom stereocenters. The number of ether oxygens (including phenoxy) is 1. The van der Waals surface area contributed by atoms with Gasteiger partial charge in [-0.1, -0.05) is 0 Å². The quantitative estimate of drug-likeness (QED) is 0.816. The summed E-state index contributed by atoms with van der Waals surface area (Å²) in [6.07, 6.45) is 3.63. The molecule has 3 nitrogen and oxygen atoms in total. The van der Waals surface area contributed by atoms with Crippen LogP contribution in [0, 0.1) is 6.92 Å². The van der Waals surface area contributed by atoms with Crippen LogP contribution in [-0.4, -0.2) is 17.7 Å². The van der Waals surface area contributed by atoms with Crippen LogP contribution in [0.15, 0.2) is 5.38 Å². The van der Waals surface area contributed by atoms with E-state index in [9.17, 15) is 0 Å². The van der Waals surface area contributed by atoms with Crippen molar-refractivity contribution >= 4 is 11.3 Å². The molecule has 4 heteroatoms. The van der Waals surface area contributed by atoms with E-state index in [1.165, 1.54) is 12.8 Å². The summed E-state index contributed by atoms with van der Waals surface area (Å²) in [5.74, 6) is 0. The molecule has 1 aromatic rings. The van der Waals surface area contributed by atoms with Gasteiger partial charge in [0.2, 0.25) is 0 Å². The Morgan fingerprint density at radius 1 is 1.64 bits per heavy atom. The highest BCUT2D eigenvalue weighted by Gasteiger charge is 2.24. The fourth-order valence-corrected chi connectivity index (χ4v) is 2.43. The maximum Gasteiger partial charge on any atom is 0.0898 e. The number of hydrogen-bond donors (Lipinski definition) is 1. The Balaban J connectivity index is 2.03. The summed E-state index contributed by atoms with van der Waals surface area (Å²) in [5, 5.41) is 3.11. The Morgan fingerprint density at radius 2 is 2.50 bits per heavy atom. The van der Waals surface area contributed by atoms with E-state index in [2.05, 4.69) is 4.98 Å². The average molecular weight is 212 g/mol. The largest absolute Gasteiger partial charge is 0.376 e.